The number of hydrogen-bond acceptors (Lipinski definition) is 5. The highest BCUT2D eigenvalue weighted by atomic mass is 32.2. The molecule has 0 fully saturated rings. The number of rotatable bonds is 7. The molecule has 0 aliphatic carbocycles. The van der Waals surface area contributed by atoms with Crippen LogP contribution in [-0.2, 0) is 10.0 Å². The fraction of sp³-hybridized carbons (Fsp3) is 0.500. The van der Waals surface area contributed by atoms with Gasteiger partial charge < -0.3 is 5.73 Å². The third-order valence-electron chi connectivity index (χ3n) is 2.91. The van der Waals surface area contributed by atoms with Gasteiger partial charge in [-0.3, -0.25) is 10.1 Å². The Morgan fingerprint density at radius 1 is 1.35 bits per heavy atom. The smallest absolute Gasteiger partial charge is 0.291 e. The largest absolute Gasteiger partial charge is 0.399 e. The van der Waals surface area contributed by atoms with Crippen LogP contribution >= 0.6 is 0 Å². The molecule has 0 aliphatic rings. The molecule has 0 saturated carbocycles. The van der Waals surface area contributed by atoms with E-state index in [4.69, 9.17) is 5.73 Å². The molecule has 1 aromatic rings. The van der Waals surface area contributed by atoms with Gasteiger partial charge in [-0.05, 0) is 18.6 Å². The van der Waals surface area contributed by atoms with Crippen molar-refractivity contribution < 1.29 is 13.3 Å². The van der Waals surface area contributed by atoms with Crippen molar-refractivity contribution in [3.8, 4) is 0 Å². The Labute approximate surface area is 118 Å². The molecule has 0 radical (unpaired) electrons. The number of nitro benzene ring substituents is 1. The normalized spacial score (nSPS) is 11.8. The number of nitrogens with two attached hydrogens (primary N) is 1. The summed E-state index contributed by atoms with van der Waals surface area (Å²) in [4.78, 5) is 9.98. The first-order valence-electron chi connectivity index (χ1n) is 6.38. The average molecular weight is 301 g/mol. The van der Waals surface area contributed by atoms with Gasteiger partial charge in [0.1, 0.15) is 0 Å². The lowest BCUT2D eigenvalue weighted by molar-refractivity contribution is -0.387. The zero-order chi connectivity index (χ0) is 15.3. The van der Waals surface area contributed by atoms with Crippen molar-refractivity contribution in [2.24, 2.45) is 0 Å². The summed E-state index contributed by atoms with van der Waals surface area (Å²) in [5, 5.41) is 11.0. The van der Waals surface area contributed by atoms with Gasteiger partial charge in [-0.25, -0.2) is 8.42 Å². The Hall–Kier alpha value is -1.67. The maximum Gasteiger partial charge on any atom is 0.291 e. The molecule has 0 aliphatic heterocycles. The lowest BCUT2D eigenvalue weighted by Crippen LogP contribution is -2.32. The number of nitrogens with zero attached hydrogens (tertiary/aromatic N) is 2. The predicted octanol–water partition coefficient (Wildman–Crippen LogP) is 1.99. The molecular formula is C12H19N3O4S. The molecule has 0 amide bonds. The summed E-state index contributed by atoms with van der Waals surface area (Å²) >= 11 is 0. The Bertz CT molecular complexity index is 586. The molecule has 7 nitrogen and oxygen atoms in total. The minimum Gasteiger partial charge on any atom is -0.399 e. The number of nitrogen functional groups attached to an aromatic ring is 1. The standard InChI is InChI=1S/C12H19N3O4S/c1-3-5-8-14(4-2)20(18,19)12-7-6-10(13)9-11(12)15(16)17/h6-7,9H,3-5,8,13H2,1-2H3. The summed E-state index contributed by atoms with van der Waals surface area (Å²) in [6.07, 6.45) is 1.55. The van der Waals surface area contributed by atoms with Crippen LogP contribution in [0.4, 0.5) is 11.4 Å². The lowest BCUT2D eigenvalue weighted by atomic mass is 10.3. The van der Waals surface area contributed by atoms with Gasteiger partial charge in [0.25, 0.3) is 5.69 Å². The number of anilines is 1. The molecule has 0 spiro atoms. The quantitative estimate of drug-likeness (QED) is 0.471. The molecular weight excluding hydrogens is 282 g/mol. The van der Waals surface area contributed by atoms with E-state index in [1.165, 1.54) is 16.4 Å². The molecule has 2 N–H and O–H groups in total. The Morgan fingerprint density at radius 3 is 2.50 bits per heavy atom. The van der Waals surface area contributed by atoms with Crippen LogP contribution in [0.5, 0.6) is 0 Å². The molecule has 0 aromatic heterocycles. The summed E-state index contributed by atoms with van der Waals surface area (Å²) in [5.41, 5.74) is 5.16. The fourth-order valence-electron chi connectivity index (χ4n) is 1.82. The molecule has 0 unspecified atom stereocenters. The Balaban J connectivity index is 3.30. The van der Waals surface area contributed by atoms with Gasteiger partial charge in [-0.1, -0.05) is 20.3 Å². The average Bonchev–Trinajstić information content (AvgIpc) is 2.38. The van der Waals surface area contributed by atoms with Gasteiger partial charge in [0.05, 0.1) is 4.92 Å². The van der Waals surface area contributed by atoms with Crippen LogP contribution in [0.1, 0.15) is 26.7 Å². The van der Waals surface area contributed by atoms with Crippen LogP contribution in [0.2, 0.25) is 0 Å². The van der Waals surface area contributed by atoms with E-state index in [0.29, 0.717) is 13.0 Å². The summed E-state index contributed by atoms with van der Waals surface area (Å²) in [7, 11) is -3.88. The molecule has 0 saturated heterocycles. The van der Waals surface area contributed by atoms with Crippen molar-refractivity contribution in [3.63, 3.8) is 0 Å². The van der Waals surface area contributed by atoms with E-state index >= 15 is 0 Å². The van der Waals surface area contributed by atoms with Crippen LogP contribution in [0.3, 0.4) is 0 Å². The Morgan fingerprint density at radius 2 is 2.00 bits per heavy atom. The number of unbranched alkanes of at least 4 members (excludes halogenated alkanes) is 1. The van der Waals surface area contributed by atoms with Gasteiger partial charge in [0, 0.05) is 24.8 Å². The second kappa shape index (κ2) is 6.67. The van der Waals surface area contributed by atoms with Crippen LogP contribution in [0, 0.1) is 10.1 Å². The third kappa shape index (κ3) is 3.45. The van der Waals surface area contributed by atoms with Crippen LogP contribution in [0.15, 0.2) is 23.1 Å². The number of hydrogen-bond donors (Lipinski definition) is 1. The minimum atomic E-state index is -3.88. The summed E-state index contributed by atoms with van der Waals surface area (Å²) in [5.74, 6) is 0. The third-order valence-corrected chi connectivity index (χ3v) is 4.93. The molecule has 1 rings (SSSR count). The molecule has 0 heterocycles. The van der Waals surface area contributed by atoms with Gasteiger partial charge in [-0.2, -0.15) is 4.31 Å². The number of sulfonamides is 1. The highest BCUT2D eigenvalue weighted by Crippen LogP contribution is 2.28. The zero-order valence-corrected chi connectivity index (χ0v) is 12.4. The molecule has 0 atom stereocenters. The van der Waals surface area contributed by atoms with Crippen molar-refractivity contribution >= 4 is 21.4 Å². The van der Waals surface area contributed by atoms with E-state index in [2.05, 4.69) is 0 Å². The van der Waals surface area contributed by atoms with E-state index < -0.39 is 20.6 Å². The highest BCUT2D eigenvalue weighted by molar-refractivity contribution is 7.89. The first kappa shape index (κ1) is 16.4. The topological polar surface area (TPSA) is 107 Å². The highest BCUT2D eigenvalue weighted by Gasteiger charge is 2.30. The van der Waals surface area contributed by atoms with Gasteiger partial charge in [0.2, 0.25) is 10.0 Å². The molecule has 8 heteroatoms. The SMILES string of the molecule is CCCCN(CC)S(=O)(=O)c1ccc(N)cc1[N+](=O)[O-]. The van der Waals surface area contributed by atoms with Crippen LogP contribution < -0.4 is 5.73 Å². The second-order valence-corrected chi connectivity index (χ2v) is 6.24. The van der Waals surface area contributed by atoms with Crippen LogP contribution in [0.25, 0.3) is 0 Å². The van der Waals surface area contributed by atoms with Crippen molar-refractivity contribution in [2.75, 3.05) is 18.8 Å². The number of nitro groups is 1. The van der Waals surface area contributed by atoms with Crippen molar-refractivity contribution in [1.29, 1.82) is 0 Å². The van der Waals surface area contributed by atoms with E-state index in [0.717, 1.165) is 12.5 Å². The molecule has 112 valence electrons. The minimum absolute atomic E-state index is 0.159. The monoisotopic (exact) mass is 301 g/mol. The fourth-order valence-corrected chi connectivity index (χ4v) is 3.44. The summed E-state index contributed by atoms with van der Waals surface area (Å²) in [6, 6.07) is 3.62. The van der Waals surface area contributed by atoms with E-state index in [-0.39, 0.29) is 17.1 Å². The van der Waals surface area contributed by atoms with Gasteiger partial charge >= 0.3 is 0 Å². The molecule has 1 aromatic carbocycles. The first-order chi connectivity index (χ1) is 9.34. The zero-order valence-electron chi connectivity index (χ0n) is 11.6. The lowest BCUT2D eigenvalue weighted by Gasteiger charge is -2.20. The van der Waals surface area contributed by atoms with E-state index in [1.54, 1.807) is 6.92 Å². The molecule has 20 heavy (non-hydrogen) atoms. The molecule has 0 bridgehead atoms. The summed E-state index contributed by atoms with van der Waals surface area (Å²) in [6.45, 7) is 4.27. The maximum atomic E-state index is 12.5. The predicted molar refractivity (Wildman–Crippen MR) is 76.8 cm³/mol. The summed E-state index contributed by atoms with van der Waals surface area (Å²) < 4.78 is 26.2. The van der Waals surface area contributed by atoms with E-state index in [1.807, 2.05) is 6.92 Å². The van der Waals surface area contributed by atoms with Crippen molar-refractivity contribution in [2.45, 2.75) is 31.6 Å². The van der Waals surface area contributed by atoms with Gasteiger partial charge in [-0.15, -0.1) is 0 Å². The number of benzene rings is 1. The first-order valence-corrected chi connectivity index (χ1v) is 7.82. The second-order valence-electron chi connectivity index (χ2n) is 4.33. The van der Waals surface area contributed by atoms with Crippen molar-refractivity contribution in [3.05, 3.63) is 28.3 Å². The van der Waals surface area contributed by atoms with Crippen molar-refractivity contribution in [1.82, 2.24) is 4.31 Å². The van der Waals surface area contributed by atoms with Crippen LogP contribution in [-0.4, -0.2) is 30.7 Å². The maximum absolute atomic E-state index is 12.5. The van der Waals surface area contributed by atoms with E-state index in [9.17, 15) is 18.5 Å². The Kier molecular flexibility index (Phi) is 5.46. The van der Waals surface area contributed by atoms with Gasteiger partial charge in [0.15, 0.2) is 4.90 Å².